The second-order valence-electron chi connectivity index (χ2n) is 4.48. The lowest BCUT2D eigenvalue weighted by Crippen LogP contribution is -2.27. The summed E-state index contributed by atoms with van der Waals surface area (Å²) in [4.78, 5) is 14.2. The van der Waals surface area contributed by atoms with Crippen LogP contribution in [0.25, 0.3) is 10.4 Å². The molecule has 0 aliphatic rings. The average molecular weight is 269 g/mol. The van der Waals surface area contributed by atoms with Crippen molar-refractivity contribution in [2.75, 3.05) is 5.32 Å². The van der Waals surface area contributed by atoms with Crippen LogP contribution in [-0.2, 0) is 4.74 Å². The maximum absolute atomic E-state index is 11.5. The predicted octanol–water partition coefficient (Wildman–Crippen LogP) is 4.63. The number of amides is 1. The number of hydrogen-bond acceptors (Lipinski definition) is 3. The topological polar surface area (TPSA) is 87.1 Å². The maximum Gasteiger partial charge on any atom is 0.412 e. The third-order valence-electron chi connectivity index (χ3n) is 1.75. The van der Waals surface area contributed by atoms with E-state index in [0.717, 1.165) is 0 Å². The Balaban J connectivity index is 2.80. The smallest absolute Gasteiger partial charge is 0.412 e. The molecule has 0 aliphatic heterocycles. The molecule has 0 fully saturated rings. The summed E-state index contributed by atoms with van der Waals surface area (Å²) < 4.78 is 5.08. The van der Waals surface area contributed by atoms with Crippen LogP contribution in [0.4, 0.5) is 16.2 Å². The molecule has 6 nitrogen and oxygen atoms in total. The van der Waals surface area contributed by atoms with Gasteiger partial charge in [0.15, 0.2) is 0 Å². The molecular weight excluding hydrogens is 256 g/mol. The first-order valence-electron chi connectivity index (χ1n) is 5.16. The minimum Gasteiger partial charge on any atom is -0.444 e. The Morgan fingerprint density at radius 1 is 1.50 bits per heavy atom. The maximum atomic E-state index is 11.5. The van der Waals surface area contributed by atoms with Gasteiger partial charge >= 0.3 is 6.09 Å². The van der Waals surface area contributed by atoms with E-state index >= 15 is 0 Å². The molecule has 0 saturated heterocycles. The van der Waals surface area contributed by atoms with E-state index in [2.05, 4.69) is 15.3 Å². The van der Waals surface area contributed by atoms with Gasteiger partial charge in [0.2, 0.25) is 0 Å². The van der Waals surface area contributed by atoms with Gasteiger partial charge in [0.1, 0.15) is 5.60 Å². The molecule has 0 atom stereocenters. The Hall–Kier alpha value is -1.91. The van der Waals surface area contributed by atoms with Crippen molar-refractivity contribution in [3.05, 3.63) is 33.7 Å². The second kappa shape index (κ2) is 5.62. The number of anilines is 1. The fourth-order valence-electron chi connectivity index (χ4n) is 1.13. The van der Waals surface area contributed by atoms with Crippen LogP contribution in [0.3, 0.4) is 0 Å². The summed E-state index contributed by atoms with van der Waals surface area (Å²) in [5.41, 5.74) is 8.46. The highest BCUT2D eigenvalue weighted by Crippen LogP contribution is 2.27. The number of hydrogen-bond donors (Lipinski definition) is 1. The molecule has 0 bridgehead atoms. The summed E-state index contributed by atoms with van der Waals surface area (Å²) in [6, 6.07) is 4.53. The average Bonchev–Trinajstić information content (AvgIpc) is 2.20. The molecule has 0 heterocycles. The first-order chi connectivity index (χ1) is 8.31. The summed E-state index contributed by atoms with van der Waals surface area (Å²) >= 11 is 5.93. The van der Waals surface area contributed by atoms with Gasteiger partial charge in [-0.3, -0.25) is 5.32 Å². The van der Waals surface area contributed by atoms with Gasteiger partial charge in [-0.05, 0) is 38.4 Å². The quantitative estimate of drug-likeness (QED) is 0.481. The molecule has 0 saturated carbocycles. The lowest BCUT2D eigenvalue weighted by molar-refractivity contribution is 0.0636. The van der Waals surface area contributed by atoms with Crippen molar-refractivity contribution in [3.63, 3.8) is 0 Å². The number of halogens is 1. The van der Waals surface area contributed by atoms with Crippen LogP contribution >= 0.6 is 11.6 Å². The van der Waals surface area contributed by atoms with E-state index in [-0.39, 0.29) is 5.02 Å². The van der Waals surface area contributed by atoms with Crippen LogP contribution in [0.5, 0.6) is 0 Å². The van der Waals surface area contributed by atoms with Gasteiger partial charge in [0.05, 0.1) is 10.7 Å². The Morgan fingerprint density at radius 3 is 2.67 bits per heavy atom. The van der Waals surface area contributed by atoms with Crippen LogP contribution in [0, 0.1) is 0 Å². The highest BCUT2D eigenvalue weighted by atomic mass is 35.5. The van der Waals surface area contributed by atoms with Crippen LogP contribution in [0.2, 0.25) is 5.02 Å². The number of nitrogens with one attached hydrogen (secondary N) is 1. The summed E-state index contributed by atoms with van der Waals surface area (Å²) in [6.45, 7) is 5.29. The number of azide groups is 1. The molecule has 0 radical (unpaired) electrons. The lowest BCUT2D eigenvalue weighted by Gasteiger charge is -2.20. The van der Waals surface area contributed by atoms with Crippen molar-refractivity contribution in [3.8, 4) is 0 Å². The number of benzene rings is 1. The highest BCUT2D eigenvalue weighted by molar-refractivity contribution is 6.33. The predicted molar refractivity (Wildman–Crippen MR) is 70.1 cm³/mol. The molecule has 0 unspecified atom stereocenters. The lowest BCUT2D eigenvalue weighted by atomic mass is 10.2. The van der Waals surface area contributed by atoms with Gasteiger partial charge < -0.3 is 4.74 Å². The molecule has 7 heteroatoms. The van der Waals surface area contributed by atoms with Crippen LogP contribution in [-0.4, -0.2) is 11.7 Å². The highest BCUT2D eigenvalue weighted by Gasteiger charge is 2.16. The third kappa shape index (κ3) is 4.53. The first-order valence-corrected chi connectivity index (χ1v) is 5.54. The minimum absolute atomic E-state index is 0.269. The Morgan fingerprint density at radius 2 is 2.17 bits per heavy atom. The van der Waals surface area contributed by atoms with Gasteiger partial charge in [-0.1, -0.05) is 22.8 Å². The fraction of sp³-hybridized carbons (Fsp3) is 0.364. The minimum atomic E-state index is -0.596. The van der Waals surface area contributed by atoms with Crippen molar-refractivity contribution in [1.82, 2.24) is 0 Å². The molecule has 18 heavy (non-hydrogen) atoms. The summed E-state index contributed by atoms with van der Waals surface area (Å²) in [7, 11) is 0. The Labute approximate surface area is 110 Å². The monoisotopic (exact) mass is 268 g/mol. The largest absolute Gasteiger partial charge is 0.444 e. The normalized spacial score (nSPS) is 10.4. The van der Waals surface area contributed by atoms with Crippen molar-refractivity contribution in [2.24, 2.45) is 5.11 Å². The summed E-state index contributed by atoms with van der Waals surface area (Å²) in [5, 5.41) is 6.18. The molecule has 0 spiro atoms. The van der Waals surface area contributed by atoms with Gasteiger partial charge in [-0.15, -0.1) is 0 Å². The Bertz CT molecular complexity index is 504. The third-order valence-corrected chi connectivity index (χ3v) is 2.06. The van der Waals surface area contributed by atoms with E-state index in [1.54, 1.807) is 20.8 Å². The van der Waals surface area contributed by atoms with E-state index < -0.39 is 11.7 Å². The number of ether oxygens (including phenoxy) is 1. The van der Waals surface area contributed by atoms with Gasteiger partial charge in [-0.25, -0.2) is 4.79 Å². The van der Waals surface area contributed by atoms with E-state index in [1.807, 2.05) is 0 Å². The molecule has 1 aromatic rings. The van der Waals surface area contributed by atoms with E-state index in [1.165, 1.54) is 18.2 Å². The molecule has 0 aliphatic carbocycles. The zero-order valence-corrected chi connectivity index (χ0v) is 11.0. The molecular formula is C11H13ClN4O2. The number of rotatable bonds is 2. The van der Waals surface area contributed by atoms with Crippen molar-refractivity contribution in [1.29, 1.82) is 0 Å². The number of carbonyl (C=O) groups is 1. The van der Waals surface area contributed by atoms with Crippen molar-refractivity contribution >= 4 is 29.1 Å². The molecule has 1 aromatic carbocycles. The second-order valence-corrected chi connectivity index (χ2v) is 4.89. The van der Waals surface area contributed by atoms with Gasteiger partial charge in [0.25, 0.3) is 0 Å². The van der Waals surface area contributed by atoms with Crippen molar-refractivity contribution < 1.29 is 9.53 Å². The number of nitrogens with zero attached hydrogens (tertiary/aromatic N) is 3. The number of carbonyl (C=O) groups excluding carboxylic acids is 1. The van der Waals surface area contributed by atoms with Crippen molar-refractivity contribution in [2.45, 2.75) is 26.4 Å². The SMILES string of the molecule is CC(C)(C)OC(=O)Nc1ccc(N=[N+]=[N-])cc1Cl. The molecule has 0 aromatic heterocycles. The first kappa shape index (κ1) is 14.2. The zero-order valence-electron chi connectivity index (χ0n) is 10.3. The summed E-state index contributed by atoms with van der Waals surface area (Å²) in [5.74, 6) is 0. The standard InChI is InChI=1S/C11H13ClN4O2/c1-11(2,3)18-10(17)14-9-5-4-7(15-16-13)6-8(9)12/h4-6H,1-3H3,(H,14,17). The molecule has 1 N–H and O–H groups in total. The van der Waals surface area contributed by atoms with E-state index in [0.29, 0.717) is 11.4 Å². The van der Waals surface area contributed by atoms with Crippen LogP contribution < -0.4 is 5.32 Å². The Kier molecular flexibility index (Phi) is 4.42. The summed E-state index contributed by atoms with van der Waals surface area (Å²) in [6.07, 6.45) is -0.596. The van der Waals surface area contributed by atoms with Gasteiger partial charge in [-0.2, -0.15) is 0 Å². The van der Waals surface area contributed by atoms with Crippen LogP contribution in [0.15, 0.2) is 23.3 Å². The molecule has 1 rings (SSSR count). The van der Waals surface area contributed by atoms with E-state index in [4.69, 9.17) is 21.9 Å². The fourth-order valence-corrected chi connectivity index (χ4v) is 1.35. The zero-order chi connectivity index (χ0) is 13.8. The molecule has 96 valence electrons. The van der Waals surface area contributed by atoms with Gasteiger partial charge in [0, 0.05) is 10.6 Å². The molecule has 1 amide bonds. The van der Waals surface area contributed by atoms with E-state index in [9.17, 15) is 4.79 Å². The van der Waals surface area contributed by atoms with Crippen LogP contribution in [0.1, 0.15) is 20.8 Å².